The molecule has 1 aromatic carbocycles. The van der Waals surface area contributed by atoms with E-state index >= 15 is 0 Å². The summed E-state index contributed by atoms with van der Waals surface area (Å²) in [7, 11) is -3.44. The van der Waals surface area contributed by atoms with Crippen LogP contribution in [0.5, 0.6) is 0 Å². The first kappa shape index (κ1) is 19.7. The van der Waals surface area contributed by atoms with Crippen LogP contribution in [0.25, 0.3) is 0 Å². The van der Waals surface area contributed by atoms with Gasteiger partial charge in [0.05, 0.1) is 15.8 Å². The molecule has 2 heterocycles. The number of piperidine rings is 1. The van der Waals surface area contributed by atoms with E-state index in [-0.39, 0.29) is 22.9 Å². The summed E-state index contributed by atoms with van der Waals surface area (Å²) in [4.78, 5) is 12.5. The van der Waals surface area contributed by atoms with E-state index in [1.165, 1.54) is 0 Å². The molecule has 2 aliphatic heterocycles. The third-order valence-electron chi connectivity index (χ3n) is 5.19. The van der Waals surface area contributed by atoms with Gasteiger partial charge in [-0.2, -0.15) is 4.31 Å². The zero-order valence-electron chi connectivity index (χ0n) is 15.3. The van der Waals surface area contributed by atoms with Gasteiger partial charge < -0.3 is 5.32 Å². The first-order valence-corrected chi connectivity index (χ1v) is 11.6. The lowest BCUT2D eigenvalue weighted by molar-refractivity contribution is -0.123. The SMILES string of the molecule is CCC(C)NC(=O)C1CSC2(CCN(S(=O)(=O)c3ccccc3)CC2)N1. The highest BCUT2D eigenvalue weighted by Crippen LogP contribution is 2.40. The molecule has 1 amide bonds. The Morgan fingerprint density at radius 1 is 1.35 bits per heavy atom. The zero-order chi connectivity index (χ0) is 18.8. The predicted molar refractivity (Wildman–Crippen MR) is 104 cm³/mol. The van der Waals surface area contributed by atoms with Gasteiger partial charge in [-0.15, -0.1) is 11.8 Å². The Morgan fingerprint density at radius 3 is 2.62 bits per heavy atom. The van der Waals surface area contributed by atoms with Crippen molar-refractivity contribution in [2.45, 2.75) is 55.0 Å². The molecule has 3 rings (SSSR count). The zero-order valence-corrected chi connectivity index (χ0v) is 16.9. The highest BCUT2D eigenvalue weighted by atomic mass is 32.2. The third kappa shape index (κ3) is 4.08. The van der Waals surface area contributed by atoms with E-state index in [9.17, 15) is 13.2 Å². The smallest absolute Gasteiger partial charge is 0.243 e. The van der Waals surface area contributed by atoms with Crippen molar-refractivity contribution in [3.63, 3.8) is 0 Å². The summed E-state index contributed by atoms with van der Waals surface area (Å²) in [6.45, 7) is 4.99. The summed E-state index contributed by atoms with van der Waals surface area (Å²) in [6, 6.07) is 8.54. The minimum absolute atomic E-state index is 0.0445. The fraction of sp³-hybridized carbons (Fsp3) is 0.611. The first-order chi connectivity index (χ1) is 12.4. The van der Waals surface area contributed by atoms with Crippen LogP contribution in [0.3, 0.4) is 0 Å². The van der Waals surface area contributed by atoms with Crippen LogP contribution in [0.15, 0.2) is 35.2 Å². The molecular weight excluding hydrogens is 370 g/mol. The minimum Gasteiger partial charge on any atom is -0.352 e. The molecule has 0 saturated carbocycles. The summed E-state index contributed by atoms with van der Waals surface area (Å²) in [6.07, 6.45) is 2.32. The molecule has 2 atom stereocenters. The molecule has 144 valence electrons. The number of thioether (sulfide) groups is 1. The van der Waals surface area contributed by atoms with Crippen LogP contribution in [0.1, 0.15) is 33.1 Å². The molecule has 2 fully saturated rings. The lowest BCUT2D eigenvalue weighted by Gasteiger charge is -2.38. The van der Waals surface area contributed by atoms with Crippen molar-refractivity contribution in [2.75, 3.05) is 18.8 Å². The molecule has 0 bridgehead atoms. The predicted octanol–water partition coefficient (Wildman–Crippen LogP) is 1.79. The second-order valence-corrected chi connectivity index (χ2v) is 10.4. The van der Waals surface area contributed by atoms with Gasteiger partial charge in [0.2, 0.25) is 15.9 Å². The van der Waals surface area contributed by atoms with Gasteiger partial charge in [0.25, 0.3) is 0 Å². The largest absolute Gasteiger partial charge is 0.352 e. The lowest BCUT2D eigenvalue weighted by atomic mass is 10.0. The van der Waals surface area contributed by atoms with Gasteiger partial charge in [-0.05, 0) is 38.3 Å². The number of carbonyl (C=O) groups excluding carboxylic acids is 1. The summed E-state index contributed by atoms with van der Waals surface area (Å²) in [5.41, 5.74) is 0. The molecule has 26 heavy (non-hydrogen) atoms. The Morgan fingerprint density at radius 2 is 2.00 bits per heavy atom. The van der Waals surface area contributed by atoms with Crippen LogP contribution in [0, 0.1) is 0 Å². The van der Waals surface area contributed by atoms with Crippen molar-refractivity contribution < 1.29 is 13.2 Å². The highest BCUT2D eigenvalue weighted by molar-refractivity contribution is 8.01. The number of hydrogen-bond acceptors (Lipinski definition) is 5. The molecule has 1 spiro atoms. The van der Waals surface area contributed by atoms with Crippen LogP contribution in [0.2, 0.25) is 0 Å². The average molecular weight is 398 g/mol. The number of carbonyl (C=O) groups is 1. The maximum Gasteiger partial charge on any atom is 0.243 e. The first-order valence-electron chi connectivity index (χ1n) is 9.13. The van der Waals surface area contributed by atoms with Crippen molar-refractivity contribution >= 4 is 27.7 Å². The van der Waals surface area contributed by atoms with Gasteiger partial charge in [-0.1, -0.05) is 25.1 Å². The number of benzene rings is 1. The Hall–Kier alpha value is -1.09. The Balaban J connectivity index is 1.60. The fourth-order valence-corrected chi connectivity index (χ4v) is 6.23. The number of nitrogens with zero attached hydrogens (tertiary/aromatic N) is 1. The minimum atomic E-state index is -3.44. The van der Waals surface area contributed by atoms with Crippen molar-refractivity contribution in [1.82, 2.24) is 14.9 Å². The van der Waals surface area contributed by atoms with Crippen molar-refractivity contribution in [3.05, 3.63) is 30.3 Å². The van der Waals surface area contributed by atoms with Gasteiger partial charge in [0.1, 0.15) is 0 Å². The topological polar surface area (TPSA) is 78.5 Å². The lowest BCUT2D eigenvalue weighted by Crippen LogP contribution is -2.55. The van der Waals surface area contributed by atoms with E-state index in [4.69, 9.17) is 0 Å². The van der Waals surface area contributed by atoms with Crippen LogP contribution < -0.4 is 10.6 Å². The number of hydrogen-bond donors (Lipinski definition) is 2. The van der Waals surface area contributed by atoms with Gasteiger partial charge in [-0.25, -0.2) is 8.42 Å². The van der Waals surface area contributed by atoms with Gasteiger partial charge >= 0.3 is 0 Å². The molecule has 2 aliphatic rings. The second-order valence-electron chi connectivity index (χ2n) is 7.04. The quantitative estimate of drug-likeness (QED) is 0.792. The van der Waals surface area contributed by atoms with Crippen LogP contribution in [-0.2, 0) is 14.8 Å². The number of rotatable bonds is 5. The van der Waals surface area contributed by atoms with E-state index in [1.54, 1.807) is 40.3 Å². The molecule has 2 unspecified atom stereocenters. The van der Waals surface area contributed by atoms with Crippen LogP contribution >= 0.6 is 11.8 Å². The Labute approximate surface area is 160 Å². The molecule has 0 aliphatic carbocycles. The van der Waals surface area contributed by atoms with E-state index < -0.39 is 10.0 Å². The van der Waals surface area contributed by atoms with Gasteiger partial charge in [0.15, 0.2) is 0 Å². The van der Waals surface area contributed by atoms with E-state index in [2.05, 4.69) is 10.6 Å². The molecule has 2 saturated heterocycles. The maximum atomic E-state index is 12.8. The third-order valence-corrected chi connectivity index (χ3v) is 8.68. The summed E-state index contributed by atoms with van der Waals surface area (Å²) in [5, 5.41) is 6.50. The van der Waals surface area contributed by atoms with Gasteiger partial charge in [-0.3, -0.25) is 10.1 Å². The summed E-state index contributed by atoms with van der Waals surface area (Å²) >= 11 is 1.75. The van der Waals surface area contributed by atoms with E-state index in [0.717, 1.165) is 12.2 Å². The normalized spacial score (nSPS) is 24.5. The van der Waals surface area contributed by atoms with Crippen LogP contribution in [0.4, 0.5) is 0 Å². The van der Waals surface area contributed by atoms with Gasteiger partial charge in [0, 0.05) is 24.9 Å². The molecular formula is C18H27N3O3S2. The Kier molecular flexibility index (Phi) is 5.96. The Bertz CT molecular complexity index is 731. The maximum absolute atomic E-state index is 12.8. The molecule has 0 aromatic heterocycles. The number of nitrogens with one attached hydrogen (secondary N) is 2. The van der Waals surface area contributed by atoms with Crippen LogP contribution in [-0.4, -0.2) is 54.4 Å². The molecule has 0 radical (unpaired) electrons. The van der Waals surface area contributed by atoms with Crippen molar-refractivity contribution in [3.8, 4) is 0 Å². The molecule has 8 heteroatoms. The summed E-state index contributed by atoms with van der Waals surface area (Å²) < 4.78 is 27.1. The fourth-order valence-electron chi connectivity index (χ4n) is 3.35. The highest BCUT2D eigenvalue weighted by Gasteiger charge is 2.45. The number of amides is 1. The monoisotopic (exact) mass is 397 g/mol. The van der Waals surface area contributed by atoms with E-state index in [0.29, 0.717) is 30.8 Å². The molecule has 1 aromatic rings. The van der Waals surface area contributed by atoms with Crippen molar-refractivity contribution in [2.24, 2.45) is 0 Å². The number of sulfonamides is 1. The molecule has 2 N–H and O–H groups in total. The second kappa shape index (κ2) is 7.88. The van der Waals surface area contributed by atoms with E-state index in [1.807, 2.05) is 19.9 Å². The standard InChI is InChI=1S/C18H27N3O3S2/c1-3-14(2)19-17(22)16-13-25-18(20-16)9-11-21(12-10-18)26(23,24)15-7-5-4-6-8-15/h4-8,14,16,20H,3,9-13H2,1-2H3,(H,19,22). The summed E-state index contributed by atoms with van der Waals surface area (Å²) in [5.74, 6) is 0.774. The van der Waals surface area contributed by atoms with Crippen molar-refractivity contribution in [1.29, 1.82) is 0 Å². The average Bonchev–Trinajstić information content (AvgIpc) is 3.06. The molecule has 6 nitrogen and oxygen atoms in total.